The third-order valence-corrected chi connectivity index (χ3v) is 5.54. The molecule has 0 unspecified atom stereocenters. The first-order chi connectivity index (χ1) is 10.8. The van der Waals surface area contributed by atoms with Crippen LogP contribution in [0.15, 0.2) is 12.2 Å². The van der Waals surface area contributed by atoms with Gasteiger partial charge in [0, 0.05) is 5.57 Å². The lowest BCUT2D eigenvalue weighted by molar-refractivity contribution is -0.139. The highest BCUT2D eigenvalue weighted by Gasteiger charge is 2.18. The lowest BCUT2D eigenvalue weighted by Crippen LogP contribution is -2.16. The predicted octanol–water partition coefficient (Wildman–Crippen LogP) is 6.57. The van der Waals surface area contributed by atoms with Gasteiger partial charge in [0.05, 0.1) is 6.61 Å². The predicted molar refractivity (Wildman–Crippen MR) is 100.0 cm³/mol. The summed E-state index contributed by atoms with van der Waals surface area (Å²) in [6.45, 7) is 9.35. The van der Waals surface area contributed by atoms with Gasteiger partial charge in [-0.2, -0.15) is 0 Å². The summed E-state index contributed by atoms with van der Waals surface area (Å²) in [6, 6.07) is 0.828. The summed E-state index contributed by atoms with van der Waals surface area (Å²) in [7, 11) is -2.30. The van der Waals surface area contributed by atoms with Crippen LogP contribution in [-0.4, -0.2) is 21.0 Å². The van der Waals surface area contributed by atoms with E-state index in [0.717, 1.165) is 25.3 Å². The van der Waals surface area contributed by atoms with Crippen LogP contribution in [0, 0.1) is 0 Å². The fourth-order valence-electron chi connectivity index (χ4n) is 2.53. The lowest BCUT2D eigenvalue weighted by atomic mass is 10.1. The Bertz CT molecular complexity index is 324. The maximum Gasteiger partial charge on any atom is 0.333 e. The quantitative estimate of drug-likeness (QED) is 0.110. The summed E-state index contributed by atoms with van der Waals surface area (Å²) in [4.78, 5) is 11.2. The van der Waals surface area contributed by atoms with Gasteiger partial charge in [0.15, 0.2) is 0 Å². The number of rotatable bonds is 15. The van der Waals surface area contributed by atoms with E-state index < -0.39 is 8.41 Å². The van der Waals surface area contributed by atoms with E-state index in [-0.39, 0.29) is 5.97 Å². The minimum absolute atomic E-state index is 0.276. The fourth-order valence-corrected chi connectivity index (χ4v) is 3.62. The van der Waals surface area contributed by atoms with Crippen LogP contribution >= 0.6 is 0 Å². The number of esters is 1. The van der Waals surface area contributed by atoms with Crippen molar-refractivity contribution in [1.29, 1.82) is 0 Å². The molecule has 23 heavy (non-hydrogen) atoms. The first-order valence-corrected chi connectivity index (χ1v) is 12.4. The molecule has 0 aliphatic rings. The van der Waals surface area contributed by atoms with Crippen molar-refractivity contribution in [2.75, 3.05) is 6.61 Å². The van der Waals surface area contributed by atoms with Crippen LogP contribution in [0.3, 0.4) is 0 Å². The monoisotopic (exact) mass is 344 g/mol. The third kappa shape index (κ3) is 17.5. The summed E-state index contributed by atoms with van der Waals surface area (Å²) in [5.74, 6) is -0.276. The first kappa shape index (κ1) is 22.4. The van der Waals surface area contributed by atoms with E-state index in [0.29, 0.717) is 12.2 Å². The summed E-state index contributed by atoms with van der Waals surface area (Å²) < 4.78 is 18.5. The largest absolute Gasteiger partial charge is 0.462 e. The molecule has 0 aromatic carbocycles. The molecule has 0 radical (unpaired) electrons. The van der Waals surface area contributed by atoms with Crippen LogP contribution in [0.5, 0.6) is 0 Å². The molecule has 0 bridgehead atoms. The highest BCUT2D eigenvalue weighted by molar-refractivity contribution is 6.70. The topological polar surface area (TPSA) is 26.3 Å². The number of hydrogen-bond donors (Lipinski definition) is 0. The Labute approximate surface area is 144 Å². The molecular formula is C19H37FO2Si. The van der Waals surface area contributed by atoms with E-state index in [4.69, 9.17) is 4.74 Å². The highest BCUT2D eigenvalue weighted by atomic mass is 28.4. The molecule has 0 amide bonds. The van der Waals surface area contributed by atoms with Crippen molar-refractivity contribution >= 4 is 14.4 Å². The first-order valence-electron chi connectivity index (χ1n) is 9.34. The van der Waals surface area contributed by atoms with Gasteiger partial charge in [0.1, 0.15) is 0 Å². The number of hydrogen-bond acceptors (Lipinski definition) is 2. The van der Waals surface area contributed by atoms with Crippen LogP contribution in [0.1, 0.15) is 77.6 Å². The molecule has 0 fully saturated rings. The van der Waals surface area contributed by atoms with Crippen molar-refractivity contribution in [3.05, 3.63) is 12.2 Å². The molecule has 0 aromatic rings. The molecule has 0 atom stereocenters. The second-order valence-corrected chi connectivity index (χ2v) is 11.2. The molecule has 0 heterocycles. The van der Waals surface area contributed by atoms with Gasteiger partial charge in [0.2, 0.25) is 8.41 Å². The number of carbonyl (C=O) groups is 1. The Balaban J connectivity index is 3.14. The lowest BCUT2D eigenvalue weighted by Gasteiger charge is -2.09. The van der Waals surface area contributed by atoms with Gasteiger partial charge in [-0.05, 0) is 32.5 Å². The van der Waals surface area contributed by atoms with E-state index >= 15 is 0 Å². The Morgan fingerprint density at radius 2 is 1.26 bits per heavy atom. The third-order valence-electron chi connectivity index (χ3n) is 4.00. The molecular weight excluding hydrogens is 307 g/mol. The standard InChI is InChI=1S/C19H37FO2Si/c1-18(2)19(21)22-16-14-12-10-8-6-5-7-9-11-13-15-17-23(3,4)20/h1,5-17H2,2-4H3. The van der Waals surface area contributed by atoms with Crippen LogP contribution in [0.4, 0.5) is 4.11 Å². The molecule has 0 spiro atoms. The zero-order valence-electron chi connectivity index (χ0n) is 15.6. The molecule has 0 aromatic heterocycles. The number of carbonyl (C=O) groups excluding carboxylic acids is 1. The number of ether oxygens (including phenoxy) is 1. The van der Waals surface area contributed by atoms with Crippen molar-refractivity contribution in [3.63, 3.8) is 0 Å². The van der Waals surface area contributed by atoms with E-state index in [2.05, 4.69) is 6.58 Å². The summed E-state index contributed by atoms with van der Waals surface area (Å²) in [5.41, 5.74) is 0.473. The van der Waals surface area contributed by atoms with Gasteiger partial charge in [-0.1, -0.05) is 70.8 Å². The van der Waals surface area contributed by atoms with E-state index in [1.165, 1.54) is 51.4 Å². The van der Waals surface area contributed by atoms with Crippen molar-refractivity contribution < 1.29 is 13.6 Å². The van der Waals surface area contributed by atoms with Crippen molar-refractivity contribution in [2.24, 2.45) is 0 Å². The molecule has 0 rings (SSSR count). The summed E-state index contributed by atoms with van der Waals surface area (Å²) in [5, 5.41) is 0. The smallest absolute Gasteiger partial charge is 0.333 e. The van der Waals surface area contributed by atoms with E-state index in [1.54, 1.807) is 20.0 Å². The zero-order valence-corrected chi connectivity index (χ0v) is 16.6. The van der Waals surface area contributed by atoms with Crippen LogP contribution in [0.25, 0.3) is 0 Å². The number of halogens is 1. The van der Waals surface area contributed by atoms with E-state index in [1.807, 2.05) is 0 Å². The van der Waals surface area contributed by atoms with Gasteiger partial charge in [-0.3, -0.25) is 0 Å². The molecule has 0 aliphatic heterocycles. The maximum atomic E-state index is 13.4. The fraction of sp³-hybridized carbons (Fsp3) is 0.842. The minimum atomic E-state index is -2.30. The Morgan fingerprint density at radius 3 is 1.65 bits per heavy atom. The molecule has 0 N–H and O–H groups in total. The normalized spacial score (nSPS) is 11.5. The highest BCUT2D eigenvalue weighted by Crippen LogP contribution is 2.17. The maximum absolute atomic E-state index is 13.4. The van der Waals surface area contributed by atoms with Gasteiger partial charge >= 0.3 is 5.97 Å². The van der Waals surface area contributed by atoms with E-state index in [9.17, 15) is 8.90 Å². The van der Waals surface area contributed by atoms with Crippen LogP contribution in [-0.2, 0) is 9.53 Å². The average molecular weight is 345 g/mol. The van der Waals surface area contributed by atoms with Gasteiger partial charge < -0.3 is 8.84 Å². The summed E-state index contributed by atoms with van der Waals surface area (Å²) in [6.07, 6.45) is 13.3. The Morgan fingerprint density at radius 1 is 0.870 bits per heavy atom. The minimum Gasteiger partial charge on any atom is -0.462 e. The Hall–Kier alpha value is -0.643. The van der Waals surface area contributed by atoms with Gasteiger partial charge in [-0.25, -0.2) is 4.79 Å². The second kappa shape index (κ2) is 13.8. The van der Waals surface area contributed by atoms with Crippen LogP contribution in [0.2, 0.25) is 19.1 Å². The summed E-state index contributed by atoms with van der Waals surface area (Å²) >= 11 is 0. The average Bonchev–Trinajstić information content (AvgIpc) is 2.46. The molecule has 4 heteroatoms. The molecule has 0 aliphatic carbocycles. The van der Waals surface area contributed by atoms with Gasteiger partial charge in [0.25, 0.3) is 0 Å². The van der Waals surface area contributed by atoms with Gasteiger partial charge in [-0.15, -0.1) is 0 Å². The SMILES string of the molecule is C=C(C)C(=O)OCCCCCCCCCCCCC[Si](C)(C)F. The molecule has 136 valence electrons. The van der Waals surface area contributed by atoms with Crippen molar-refractivity contribution in [1.82, 2.24) is 0 Å². The van der Waals surface area contributed by atoms with Crippen LogP contribution < -0.4 is 0 Å². The number of unbranched alkanes of at least 4 members (excludes halogenated alkanes) is 10. The second-order valence-electron chi connectivity index (χ2n) is 7.27. The van der Waals surface area contributed by atoms with Crippen molar-refractivity contribution in [3.8, 4) is 0 Å². The Kier molecular flexibility index (Phi) is 13.4. The molecule has 0 saturated heterocycles. The van der Waals surface area contributed by atoms with Crippen molar-refractivity contribution in [2.45, 2.75) is 96.7 Å². The molecule has 2 nitrogen and oxygen atoms in total. The molecule has 0 saturated carbocycles. The zero-order chi connectivity index (χ0) is 17.6.